The van der Waals surface area contributed by atoms with Crippen LogP contribution in [0.5, 0.6) is 5.75 Å². The molecular formula is C20H15ClN6O3. The van der Waals surface area contributed by atoms with Crippen LogP contribution >= 0.6 is 11.6 Å². The van der Waals surface area contributed by atoms with E-state index in [0.29, 0.717) is 16.4 Å². The van der Waals surface area contributed by atoms with Crippen LogP contribution in [0.3, 0.4) is 0 Å². The highest BCUT2D eigenvalue weighted by molar-refractivity contribution is 6.30. The van der Waals surface area contributed by atoms with E-state index in [4.69, 9.17) is 11.6 Å². The Balaban J connectivity index is 1.42. The minimum atomic E-state index is -0.773. The van der Waals surface area contributed by atoms with Crippen molar-refractivity contribution in [1.29, 1.82) is 0 Å². The van der Waals surface area contributed by atoms with E-state index in [1.807, 2.05) is 6.07 Å². The Morgan fingerprint density at radius 2 is 1.77 bits per heavy atom. The maximum atomic E-state index is 12.3. The number of carbonyl (C=O) groups excluding carboxylic acids is 2. The number of rotatable bonds is 4. The van der Waals surface area contributed by atoms with Gasteiger partial charge in [-0.3, -0.25) is 25.5 Å². The number of hydrogen-bond acceptors (Lipinski definition) is 5. The predicted octanol–water partition coefficient (Wildman–Crippen LogP) is 2.70. The first-order valence-electron chi connectivity index (χ1n) is 8.77. The van der Waals surface area contributed by atoms with E-state index >= 15 is 0 Å². The van der Waals surface area contributed by atoms with Gasteiger partial charge in [-0.1, -0.05) is 41.9 Å². The Kier molecular flexibility index (Phi) is 5.19. The van der Waals surface area contributed by atoms with Crippen molar-refractivity contribution >= 4 is 23.4 Å². The van der Waals surface area contributed by atoms with Gasteiger partial charge >= 0.3 is 0 Å². The highest BCUT2D eigenvalue weighted by atomic mass is 35.5. The number of H-pyrrole nitrogens is 1. The molecule has 0 spiro atoms. The molecule has 0 aliphatic rings. The Morgan fingerprint density at radius 3 is 2.53 bits per heavy atom. The monoisotopic (exact) mass is 422 g/mol. The van der Waals surface area contributed by atoms with Crippen molar-refractivity contribution < 1.29 is 14.7 Å². The molecule has 4 aromatic rings. The average molecular weight is 423 g/mol. The molecule has 10 heteroatoms. The van der Waals surface area contributed by atoms with Gasteiger partial charge in [-0.15, -0.1) is 0 Å². The maximum Gasteiger partial charge on any atom is 0.294 e. The molecule has 0 aliphatic heterocycles. The van der Waals surface area contributed by atoms with Gasteiger partial charge in [-0.25, -0.2) is 4.68 Å². The van der Waals surface area contributed by atoms with E-state index in [0.717, 1.165) is 5.56 Å². The summed E-state index contributed by atoms with van der Waals surface area (Å²) in [6.45, 7) is 0. The first-order valence-corrected chi connectivity index (χ1v) is 9.15. The van der Waals surface area contributed by atoms with Crippen molar-refractivity contribution in [3.8, 4) is 22.7 Å². The van der Waals surface area contributed by atoms with Crippen LogP contribution in [-0.4, -0.2) is 36.9 Å². The number of hydrazine groups is 1. The topological polar surface area (TPSA) is 125 Å². The normalized spacial score (nSPS) is 10.6. The largest absolute Gasteiger partial charge is 0.504 e. The number of nitrogens with zero attached hydrogens (tertiary/aromatic N) is 3. The minimum Gasteiger partial charge on any atom is -0.504 e. The summed E-state index contributed by atoms with van der Waals surface area (Å²) in [6, 6.07) is 17.5. The van der Waals surface area contributed by atoms with Crippen molar-refractivity contribution in [2.45, 2.75) is 0 Å². The van der Waals surface area contributed by atoms with Crippen molar-refractivity contribution in [2.75, 3.05) is 0 Å². The van der Waals surface area contributed by atoms with Crippen molar-refractivity contribution in [2.24, 2.45) is 0 Å². The number of nitrogens with one attached hydrogen (secondary N) is 3. The number of benzene rings is 2. The fourth-order valence-corrected chi connectivity index (χ4v) is 2.90. The van der Waals surface area contributed by atoms with Crippen LogP contribution in [-0.2, 0) is 0 Å². The number of aromatic amines is 1. The molecule has 0 radical (unpaired) electrons. The second kappa shape index (κ2) is 8.10. The molecule has 9 nitrogen and oxygen atoms in total. The smallest absolute Gasteiger partial charge is 0.294 e. The van der Waals surface area contributed by atoms with Crippen LogP contribution in [0.2, 0.25) is 5.02 Å². The van der Waals surface area contributed by atoms with Crippen LogP contribution in [0.4, 0.5) is 0 Å². The summed E-state index contributed by atoms with van der Waals surface area (Å²) in [7, 11) is 0. The molecule has 0 bridgehead atoms. The Labute approximate surface area is 175 Å². The van der Waals surface area contributed by atoms with Gasteiger partial charge in [0.2, 0.25) is 0 Å². The molecule has 4 N–H and O–H groups in total. The zero-order chi connectivity index (χ0) is 21.1. The summed E-state index contributed by atoms with van der Waals surface area (Å²) < 4.78 is 1.36. The molecule has 0 aliphatic carbocycles. The van der Waals surface area contributed by atoms with Crippen LogP contribution in [0.15, 0.2) is 66.9 Å². The van der Waals surface area contributed by atoms with Crippen molar-refractivity contribution in [3.63, 3.8) is 0 Å². The molecule has 2 aromatic carbocycles. The lowest BCUT2D eigenvalue weighted by Crippen LogP contribution is -2.42. The van der Waals surface area contributed by atoms with Gasteiger partial charge in [0.05, 0.1) is 17.6 Å². The summed E-state index contributed by atoms with van der Waals surface area (Å²) in [6.07, 6.45) is 1.30. The van der Waals surface area contributed by atoms with E-state index in [1.54, 1.807) is 48.5 Å². The molecule has 0 saturated heterocycles. The van der Waals surface area contributed by atoms with Gasteiger partial charge in [0, 0.05) is 10.6 Å². The molecular weight excluding hydrogens is 408 g/mol. The Hall–Kier alpha value is -4.11. The quantitative estimate of drug-likeness (QED) is 0.376. The highest BCUT2D eigenvalue weighted by Crippen LogP contribution is 2.21. The van der Waals surface area contributed by atoms with Crippen LogP contribution in [0, 0.1) is 0 Å². The summed E-state index contributed by atoms with van der Waals surface area (Å²) in [5.41, 5.74) is 6.29. The SMILES string of the molecule is O=C(NNC(=O)c1nn(-c2ccccc2)cc1O)c1cc(-c2cccc(Cl)c2)n[nH]1. The van der Waals surface area contributed by atoms with Gasteiger partial charge < -0.3 is 5.11 Å². The lowest BCUT2D eigenvalue weighted by molar-refractivity contribution is 0.0839. The van der Waals surface area contributed by atoms with Crippen LogP contribution in [0.1, 0.15) is 21.0 Å². The fourth-order valence-electron chi connectivity index (χ4n) is 2.71. The first kappa shape index (κ1) is 19.2. The summed E-state index contributed by atoms with van der Waals surface area (Å²) in [4.78, 5) is 24.6. The van der Waals surface area contributed by atoms with E-state index in [9.17, 15) is 14.7 Å². The van der Waals surface area contributed by atoms with Crippen LogP contribution < -0.4 is 10.9 Å². The third-order valence-corrected chi connectivity index (χ3v) is 4.40. The number of para-hydroxylation sites is 1. The third-order valence-electron chi connectivity index (χ3n) is 4.16. The molecule has 0 atom stereocenters. The number of amides is 2. The lowest BCUT2D eigenvalue weighted by atomic mass is 10.1. The predicted molar refractivity (Wildman–Crippen MR) is 109 cm³/mol. The average Bonchev–Trinajstić information content (AvgIpc) is 3.40. The van der Waals surface area contributed by atoms with Crippen molar-refractivity contribution in [3.05, 3.63) is 83.3 Å². The second-order valence-corrected chi connectivity index (χ2v) is 6.66. The number of hydrogen-bond donors (Lipinski definition) is 4. The molecule has 0 saturated carbocycles. The Morgan fingerprint density at radius 1 is 1.00 bits per heavy atom. The van der Waals surface area contributed by atoms with E-state index in [2.05, 4.69) is 26.1 Å². The number of halogens is 1. The summed E-state index contributed by atoms with van der Waals surface area (Å²) in [5, 5.41) is 21.3. The van der Waals surface area contributed by atoms with Crippen molar-refractivity contribution in [1.82, 2.24) is 30.8 Å². The molecule has 2 heterocycles. The van der Waals surface area contributed by atoms with Gasteiger partial charge in [0.15, 0.2) is 11.4 Å². The molecule has 2 aromatic heterocycles. The fraction of sp³-hybridized carbons (Fsp3) is 0. The number of aromatic nitrogens is 4. The summed E-state index contributed by atoms with van der Waals surface area (Å²) in [5.74, 6) is -1.72. The molecule has 150 valence electrons. The molecule has 2 amide bonds. The standard InChI is InChI=1S/C20H15ClN6O3/c21-13-6-4-5-12(9-13)15-10-16(23-22-15)19(29)24-25-20(30)18-17(28)11-27(26-18)14-7-2-1-3-8-14/h1-11,28H,(H,22,23)(H,24,29)(H,25,30). The molecule has 4 rings (SSSR count). The van der Waals surface area contributed by atoms with Gasteiger partial charge in [0.25, 0.3) is 11.8 Å². The number of aromatic hydroxyl groups is 1. The highest BCUT2D eigenvalue weighted by Gasteiger charge is 2.19. The van der Waals surface area contributed by atoms with E-state index in [1.165, 1.54) is 16.9 Å². The molecule has 30 heavy (non-hydrogen) atoms. The second-order valence-electron chi connectivity index (χ2n) is 6.23. The maximum absolute atomic E-state index is 12.3. The summed E-state index contributed by atoms with van der Waals surface area (Å²) >= 11 is 5.97. The van der Waals surface area contributed by atoms with E-state index < -0.39 is 11.8 Å². The zero-order valence-electron chi connectivity index (χ0n) is 15.3. The number of carbonyl (C=O) groups is 2. The molecule has 0 fully saturated rings. The third kappa shape index (κ3) is 4.01. The lowest BCUT2D eigenvalue weighted by Gasteiger charge is -2.04. The van der Waals surface area contributed by atoms with Gasteiger partial charge in [0.1, 0.15) is 5.69 Å². The van der Waals surface area contributed by atoms with E-state index in [-0.39, 0.29) is 17.1 Å². The molecule has 0 unspecified atom stereocenters. The van der Waals surface area contributed by atoms with Crippen LogP contribution in [0.25, 0.3) is 16.9 Å². The first-order chi connectivity index (χ1) is 14.5. The Bertz CT molecular complexity index is 1220. The minimum absolute atomic E-state index is 0.129. The zero-order valence-corrected chi connectivity index (χ0v) is 16.1. The van der Waals surface area contributed by atoms with Gasteiger partial charge in [-0.05, 0) is 30.3 Å². The van der Waals surface area contributed by atoms with Gasteiger partial charge in [-0.2, -0.15) is 10.2 Å².